The summed E-state index contributed by atoms with van der Waals surface area (Å²) >= 11 is 0. The third kappa shape index (κ3) is 2.70. The van der Waals surface area contributed by atoms with Gasteiger partial charge in [0.15, 0.2) is 0 Å². The van der Waals surface area contributed by atoms with E-state index in [4.69, 9.17) is 15.6 Å². The molecule has 2 N–H and O–H groups in total. The summed E-state index contributed by atoms with van der Waals surface area (Å²) in [6.45, 7) is 6.42. The van der Waals surface area contributed by atoms with E-state index in [-0.39, 0.29) is 5.60 Å². The van der Waals surface area contributed by atoms with Gasteiger partial charge in [0, 0.05) is 18.5 Å². The lowest BCUT2D eigenvalue weighted by Gasteiger charge is -2.27. The second kappa shape index (κ2) is 5.78. The van der Waals surface area contributed by atoms with Crippen molar-refractivity contribution in [3.63, 3.8) is 0 Å². The Bertz CT molecular complexity index is 622. The van der Waals surface area contributed by atoms with Crippen LogP contribution in [-0.4, -0.2) is 21.9 Å². The van der Waals surface area contributed by atoms with Crippen LogP contribution in [0.15, 0.2) is 24.3 Å². The second-order valence-corrected chi connectivity index (χ2v) is 6.30. The van der Waals surface area contributed by atoms with E-state index < -0.39 is 0 Å². The van der Waals surface area contributed by atoms with Crippen molar-refractivity contribution in [3.8, 4) is 0 Å². The molecule has 21 heavy (non-hydrogen) atoms. The van der Waals surface area contributed by atoms with Gasteiger partial charge in [-0.25, -0.2) is 0 Å². The van der Waals surface area contributed by atoms with Crippen molar-refractivity contribution in [2.45, 2.75) is 51.9 Å². The lowest BCUT2D eigenvalue weighted by atomic mass is 10.0. The van der Waals surface area contributed by atoms with Crippen molar-refractivity contribution in [2.24, 2.45) is 11.7 Å². The minimum atomic E-state index is -0.142. The fourth-order valence-electron chi connectivity index (χ4n) is 3.49. The number of fused-ring (bicyclic) bond motifs is 1. The molecule has 0 aliphatic heterocycles. The second-order valence-electron chi connectivity index (χ2n) is 6.30. The average Bonchev–Trinajstić information content (AvgIpc) is 3.07. The zero-order chi connectivity index (χ0) is 14.9. The van der Waals surface area contributed by atoms with Crippen LogP contribution in [0, 0.1) is 5.92 Å². The highest BCUT2D eigenvalue weighted by Gasteiger charge is 2.37. The molecule has 2 aromatic rings. The Hall–Kier alpha value is -1.39. The van der Waals surface area contributed by atoms with Crippen molar-refractivity contribution in [3.05, 3.63) is 30.0 Å². The van der Waals surface area contributed by atoms with E-state index in [1.54, 1.807) is 0 Å². The van der Waals surface area contributed by atoms with Crippen LogP contribution in [0.3, 0.4) is 0 Å². The third-order valence-corrected chi connectivity index (χ3v) is 4.73. The highest BCUT2D eigenvalue weighted by atomic mass is 16.5. The number of nitrogens with two attached hydrogens (primary N) is 1. The van der Waals surface area contributed by atoms with Crippen molar-refractivity contribution in [1.82, 2.24) is 9.78 Å². The average molecular weight is 287 g/mol. The number of benzene rings is 1. The van der Waals surface area contributed by atoms with E-state index >= 15 is 0 Å². The zero-order valence-electron chi connectivity index (χ0n) is 13.0. The summed E-state index contributed by atoms with van der Waals surface area (Å²) in [4.78, 5) is 0. The molecular weight excluding hydrogens is 262 g/mol. The molecule has 3 rings (SSSR count). The number of rotatable bonds is 5. The molecule has 1 saturated carbocycles. The Balaban J connectivity index is 1.82. The molecule has 2 atom stereocenters. The Morgan fingerprint density at radius 1 is 1.43 bits per heavy atom. The maximum absolute atomic E-state index is 6.26. The molecule has 2 unspecified atom stereocenters. The Morgan fingerprint density at radius 3 is 2.90 bits per heavy atom. The zero-order valence-corrected chi connectivity index (χ0v) is 13.0. The van der Waals surface area contributed by atoms with E-state index in [1.807, 2.05) is 4.68 Å². The van der Waals surface area contributed by atoms with Crippen LogP contribution in [0.2, 0.25) is 0 Å². The maximum Gasteiger partial charge on any atom is 0.0960 e. The van der Waals surface area contributed by atoms with Gasteiger partial charge in [-0.15, -0.1) is 0 Å². The number of aryl methyl sites for hydroxylation is 1. The summed E-state index contributed by atoms with van der Waals surface area (Å²) in [6, 6.07) is 8.36. The largest absolute Gasteiger partial charge is 0.367 e. The minimum absolute atomic E-state index is 0.142. The lowest BCUT2D eigenvalue weighted by molar-refractivity contribution is -0.0481. The molecule has 0 spiro atoms. The molecule has 1 aliphatic carbocycles. The summed E-state index contributed by atoms with van der Waals surface area (Å²) in [5.74, 6) is 0.707. The predicted molar refractivity (Wildman–Crippen MR) is 85.0 cm³/mol. The van der Waals surface area contributed by atoms with Gasteiger partial charge in [0.25, 0.3) is 0 Å². The van der Waals surface area contributed by atoms with Crippen molar-refractivity contribution < 1.29 is 4.74 Å². The van der Waals surface area contributed by atoms with Gasteiger partial charge in [-0.2, -0.15) is 5.10 Å². The molecule has 1 aliphatic rings. The quantitative estimate of drug-likeness (QED) is 0.919. The van der Waals surface area contributed by atoms with Crippen LogP contribution in [0.1, 0.15) is 38.8 Å². The molecule has 1 fully saturated rings. The molecular formula is C17H25N3O. The third-order valence-electron chi connectivity index (χ3n) is 4.73. The smallest absolute Gasteiger partial charge is 0.0960 e. The molecule has 4 nitrogen and oxygen atoms in total. The summed E-state index contributed by atoms with van der Waals surface area (Å²) in [5.41, 5.74) is 8.05. The van der Waals surface area contributed by atoms with Crippen LogP contribution in [0.4, 0.5) is 0 Å². The lowest BCUT2D eigenvalue weighted by Crippen LogP contribution is -2.38. The normalized spacial score (nSPS) is 25.8. The summed E-state index contributed by atoms with van der Waals surface area (Å²) in [6.07, 6.45) is 3.34. The minimum Gasteiger partial charge on any atom is -0.367 e. The summed E-state index contributed by atoms with van der Waals surface area (Å²) in [5, 5.41) is 5.90. The van der Waals surface area contributed by atoms with Gasteiger partial charge in [0.2, 0.25) is 0 Å². The van der Waals surface area contributed by atoms with Crippen LogP contribution in [0.25, 0.3) is 10.9 Å². The van der Waals surface area contributed by atoms with Gasteiger partial charge >= 0.3 is 0 Å². The van der Waals surface area contributed by atoms with Crippen LogP contribution in [0.5, 0.6) is 0 Å². The first-order chi connectivity index (χ1) is 10.2. The van der Waals surface area contributed by atoms with Crippen molar-refractivity contribution >= 4 is 10.9 Å². The van der Waals surface area contributed by atoms with Crippen molar-refractivity contribution in [1.29, 1.82) is 0 Å². The van der Waals surface area contributed by atoms with Gasteiger partial charge < -0.3 is 10.5 Å². The number of ether oxygens (including phenoxy) is 1. The first-order valence-electron chi connectivity index (χ1n) is 7.96. The van der Waals surface area contributed by atoms with E-state index in [0.29, 0.717) is 19.1 Å². The molecule has 114 valence electrons. The van der Waals surface area contributed by atoms with Gasteiger partial charge in [-0.05, 0) is 38.2 Å². The highest BCUT2D eigenvalue weighted by molar-refractivity contribution is 5.81. The number of hydrogen-bond acceptors (Lipinski definition) is 3. The summed E-state index contributed by atoms with van der Waals surface area (Å²) < 4.78 is 8.30. The fraction of sp³-hybridized carbons (Fsp3) is 0.588. The van der Waals surface area contributed by atoms with E-state index in [0.717, 1.165) is 25.1 Å². The molecule has 1 aromatic heterocycles. The van der Waals surface area contributed by atoms with E-state index in [1.165, 1.54) is 17.3 Å². The Morgan fingerprint density at radius 2 is 2.24 bits per heavy atom. The van der Waals surface area contributed by atoms with Gasteiger partial charge in [0.1, 0.15) is 0 Å². The molecule has 1 aromatic carbocycles. The van der Waals surface area contributed by atoms with Crippen LogP contribution in [-0.2, 0) is 17.9 Å². The number of nitrogens with zero attached hydrogens (tertiary/aromatic N) is 2. The topological polar surface area (TPSA) is 53.1 Å². The SMILES string of the molecule is CCn1nc(COC2(CN)CCC(C)C2)c2ccccc21. The molecule has 0 saturated heterocycles. The first kappa shape index (κ1) is 14.5. The molecule has 1 heterocycles. The van der Waals surface area contributed by atoms with E-state index in [9.17, 15) is 0 Å². The number of hydrogen-bond donors (Lipinski definition) is 1. The van der Waals surface area contributed by atoms with Gasteiger partial charge in [-0.1, -0.05) is 25.1 Å². The predicted octanol–water partition coefficient (Wildman–Crippen LogP) is 3.09. The molecule has 0 amide bonds. The molecule has 0 bridgehead atoms. The highest BCUT2D eigenvalue weighted by Crippen LogP contribution is 2.37. The van der Waals surface area contributed by atoms with Crippen LogP contribution < -0.4 is 5.73 Å². The Labute approximate surface area is 126 Å². The van der Waals surface area contributed by atoms with Gasteiger partial charge in [-0.3, -0.25) is 4.68 Å². The molecule has 0 radical (unpaired) electrons. The van der Waals surface area contributed by atoms with Crippen molar-refractivity contribution in [2.75, 3.05) is 6.54 Å². The Kier molecular flexibility index (Phi) is 4.00. The standard InChI is InChI=1S/C17H25N3O/c1-3-20-16-7-5-4-6-14(16)15(19-20)11-21-17(12-18)9-8-13(2)10-17/h4-7,13H,3,8-12,18H2,1-2H3. The molecule has 4 heteroatoms. The van der Waals surface area contributed by atoms with E-state index in [2.05, 4.69) is 38.1 Å². The fourth-order valence-corrected chi connectivity index (χ4v) is 3.49. The first-order valence-corrected chi connectivity index (χ1v) is 7.96. The van der Waals surface area contributed by atoms with Gasteiger partial charge in [0.05, 0.1) is 23.4 Å². The van der Waals surface area contributed by atoms with Crippen LogP contribution >= 0.6 is 0 Å². The maximum atomic E-state index is 6.26. The number of aromatic nitrogens is 2. The summed E-state index contributed by atoms with van der Waals surface area (Å²) in [7, 11) is 0. The monoisotopic (exact) mass is 287 g/mol. The number of para-hydroxylation sites is 1.